The second-order valence-corrected chi connectivity index (χ2v) is 6.66. The van der Waals surface area contributed by atoms with Crippen LogP contribution in [-0.2, 0) is 0 Å². The Balaban J connectivity index is 1.99. The van der Waals surface area contributed by atoms with E-state index < -0.39 is 0 Å². The number of anilines is 1. The van der Waals surface area contributed by atoms with Crippen molar-refractivity contribution in [3.63, 3.8) is 0 Å². The lowest BCUT2D eigenvalue weighted by molar-refractivity contribution is 0.617. The van der Waals surface area contributed by atoms with Gasteiger partial charge in [0.1, 0.15) is 5.82 Å². The van der Waals surface area contributed by atoms with Crippen molar-refractivity contribution in [3.8, 4) is 0 Å². The van der Waals surface area contributed by atoms with Crippen molar-refractivity contribution in [2.75, 3.05) is 5.73 Å². The summed E-state index contributed by atoms with van der Waals surface area (Å²) in [4.78, 5) is 8.35. The van der Waals surface area contributed by atoms with Gasteiger partial charge in [-0.3, -0.25) is 0 Å². The van der Waals surface area contributed by atoms with E-state index in [1.807, 2.05) is 47.7 Å². The highest BCUT2D eigenvalue weighted by Gasteiger charge is 2.10. The van der Waals surface area contributed by atoms with Crippen molar-refractivity contribution >= 4 is 51.1 Å². The molecule has 0 unspecified atom stereocenters. The number of fused-ring (bicyclic) bond motifs is 1. The number of nitrogens with one attached hydrogen (secondary N) is 1. The average Bonchev–Trinajstić information content (AvgIpc) is 2.77. The summed E-state index contributed by atoms with van der Waals surface area (Å²) in [5.74, 6) is -0.269. The third-order valence-electron chi connectivity index (χ3n) is 2.88. The summed E-state index contributed by atoms with van der Waals surface area (Å²) in [5, 5.41) is 0.706. The first-order valence-electron chi connectivity index (χ1n) is 5.91. The first-order chi connectivity index (χ1) is 9.52. The van der Waals surface area contributed by atoms with Gasteiger partial charge in [0, 0.05) is 10.6 Å². The minimum Gasteiger partial charge on any atom is -0.398 e. The lowest BCUT2D eigenvalue weighted by Gasteiger charge is -2.04. The second kappa shape index (κ2) is 5.25. The Labute approximate surface area is 133 Å². The molecule has 0 radical (unpaired) electrons. The third kappa shape index (κ3) is 2.62. The highest BCUT2D eigenvalue weighted by molar-refractivity contribution is 14.1. The monoisotopic (exact) mass is 399 g/mol. The molecule has 0 atom stereocenters. The Morgan fingerprint density at radius 3 is 2.90 bits per heavy atom. The smallest absolute Gasteiger partial charge is 0.171 e. The van der Waals surface area contributed by atoms with E-state index >= 15 is 0 Å². The molecule has 1 heterocycles. The van der Waals surface area contributed by atoms with Crippen LogP contribution in [0.3, 0.4) is 0 Å². The molecule has 0 aliphatic heterocycles. The molecule has 3 nitrogen and oxygen atoms in total. The number of aromatic nitrogens is 2. The number of nitrogens with two attached hydrogens (primary N) is 1. The van der Waals surface area contributed by atoms with Crippen molar-refractivity contribution in [1.82, 2.24) is 9.97 Å². The molecule has 2 aromatic carbocycles. The Morgan fingerprint density at radius 2 is 2.10 bits per heavy atom. The second-order valence-electron chi connectivity index (χ2n) is 4.47. The molecule has 6 heteroatoms. The fourth-order valence-electron chi connectivity index (χ4n) is 1.88. The molecule has 0 saturated carbocycles. The molecule has 1 aromatic heterocycles. The van der Waals surface area contributed by atoms with Crippen molar-refractivity contribution in [2.24, 2.45) is 0 Å². The van der Waals surface area contributed by atoms with Gasteiger partial charge in [0.25, 0.3) is 0 Å². The van der Waals surface area contributed by atoms with Crippen LogP contribution < -0.4 is 5.73 Å². The molecule has 0 fully saturated rings. The Morgan fingerprint density at radius 1 is 1.30 bits per heavy atom. The number of aryl methyl sites for hydroxylation is 1. The van der Waals surface area contributed by atoms with Gasteiger partial charge >= 0.3 is 0 Å². The number of halogens is 2. The van der Waals surface area contributed by atoms with Crippen LogP contribution in [0.4, 0.5) is 10.1 Å². The zero-order chi connectivity index (χ0) is 14.3. The maximum atomic E-state index is 13.6. The van der Waals surface area contributed by atoms with Crippen molar-refractivity contribution in [1.29, 1.82) is 0 Å². The molecule has 3 aromatic rings. The maximum Gasteiger partial charge on any atom is 0.171 e. The van der Waals surface area contributed by atoms with Gasteiger partial charge in [0.2, 0.25) is 0 Å². The maximum absolute atomic E-state index is 13.6. The lowest BCUT2D eigenvalue weighted by atomic mass is 10.2. The minimum atomic E-state index is -0.269. The summed E-state index contributed by atoms with van der Waals surface area (Å²) in [6, 6.07) is 9.08. The molecule has 0 spiro atoms. The summed E-state index contributed by atoms with van der Waals surface area (Å²) in [7, 11) is 0. The number of nitrogen functional groups attached to an aromatic ring is 1. The van der Waals surface area contributed by atoms with Crippen LogP contribution in [0.5, 0.6) is 0 Å². The molecule has 3 N–H and O–H groups in total. The van der Waals surface area contributed by atoms with Crippen LogP contribution in [0.1, 0.15) is 5.56 Å². The first kappa shape index (κ1) is 13.7. The molecule has 3 rings (SSSR count). The average molecular weight is 399 g/mol. The van der Waals surface area contributed by atoms with Crippen molar-refractivity contribution in [3.05, 3.63) is 45.3 Å². The van der Waals surface area contributed by atoms with Crippen LogP contribution >= 0.6 is 34.4 Å². The van der Waals surface area contributed by atoms with Crippen molar-refractivity contribution < 1.29 is 4.39 Å². The highest BCUT2D eigenvalue weighted by atomic mass is 127. The Kier molecular flexibility index (Phi) is 3.59. The van der Waals surface area contributed by atoms with E-state index in [0.29, 0.717) is 19.3 Å². The van der Waals surface area contributed by atoms with Gasteiger partial charge < -0.3 is 10.7 Å². The molecule has 102 valence electrons. The SMILES string of the molecule is Cc1ccc2nc(Sc3cc(F)c(I)cc3N)[nH]c2c1. The van der Waals surface area contributed by atoms with Gasteiger partial charge in [-0.1, -0.05) is 6.07 Å². The summed E-state index contributed by atoms with van der Waals surface area (Å²) < 4.78 is 14.1. The molecule has 20 heavy (non-hydrogen) atoms. The minimum absolute atomic E-state index is 0.269. The van der Waals surface area contributed by atoms with Gasteiger partial charge in [-0.05, 0) is 71.1 Å². The van der Waals surface area contributed by atoms with Crippen molar-refractivity contribution in [2.45, 2.75) is 17.0 Å². The van der Waals surface area contributed by atoms with Gasteiger partial charge in [0.15, 0.2) is 5.16 Å². The normalized spacial score (nSPS) is 11.2. The van der Waals surface area contributed by atoms with E-state index in [1.54, 1.807) is 6.07 Å². The van der Waals surface area contributed by atoms with Gasteiger partial charge in [0.05, 0.1) is 14.6 Å². The van der Waals surface area contributed by atoms with Gasteiger partial charge in [-0.15, -0.1) is 0 Å². The molecule has 0 bridgehead atoms. The van der Waals surface area contributed by atoms with Crippen LogP contribution in [0.25, 0.3) is 11.0 Å². The third-order valence-corrected chi connectivity index (χ3v) is 4.66. The molecule has 0 aliphatic rings. The van der Waals surface area contributed by atoms with E-state index in [0.717, 1.165) is 16.6 Å². The fourth-order valence-corrected chi connectivity index (χ4v) is 3.23. The molecular formula is C14H11FIN3S. The number of aromatic amines is 1. The summed E-state index contributed by atoms with van der Waals surface area (Å²) in [6.45, 7) is 2.03. The van der Waals surface area contributed by atoms with E-state index in [1.165, 1.54) is 17.8 Å². The van der Waals surface area contributed by atoms with E-state index in [4.69, 9.17) is 5.73 Å². The van der Waals surface area contributed by atoms with Gasteiger partial charge in [-0.2, -0.15) is 0 Å². The number of benzene rings is 2. The zero-order valence-electron chi connectivity index (χ0n) is 10.6. The number of imidazole rings is 1. The summed E-state index contributed by atoms with van der Waals surface area (Å²) in [5.41, 5.74) is 9.50. The molecule has 0 aliphatic carbocycles. The summed E-state index contributed by atoms with van der Waals surface area (Å²) in [6.07, 6.45) is 0. The number of nitrogens with zero attached hydrogens (tertiary/aromatic N) is 1. The van der Waals surface area contributed by atoms with Crippen LogP contribution in [0.15, 0.2) is 40.4 Å². The zero-order valence-corrected chi connectivity index (χ0v) is 13.5. The molecule has 0 amide bonds. The molecule has 0 saturated heterocycles. The standard InChI is InChI=1S/C14H11FIN3S/c1-7-2-3-11-12(4-7)19-14(18-11)20-13-5-8(15)9(16)6-10(13)17/h2-6H,17H2,1H3,(H,18,19). The van der Waals surface area contributed by atoms with Crippen LogP contribution in [-0.4, -0.2) is 9.97 Å². The van der Waals surface area contributed by atoms with Crippen LogP contribution in [0, 0.1) is 16.3 Å². The predicted octanol–water partition coefficient (Wildman–Crippen LogP) is 4.35. The topological polar surface area (TPSA) is 54.7 Å². The predicted molar refractivity (Wildman–Crippen MR) is 88.5 cm³/mol. The van der Waals surface area contributed by atoms with Crippen LogP contribution in [0.2, 0.25) is 0 Å². The first-order valence-corrected chi connectivity index (χ1v) is 7.81. The molecular weight excluding hydrogens is 388 g/mol. The highest BCUT2D eigenvalue weighted by Crippen LogP contribution is 2.33. The van der Waals surface area contributed by atoms with E-state index in [9.17, 15) is 4.39 Å². The fraction of sp³-hybridized carbons (Fsp3) is 0.0714. The Bertz CT molecular complexity index is 800. The number of hydrogen-bond acceptors (Lipinski definition) is 3. The number of rotatable bonds is 2. The number of H-pyrrole nitrogens is 1. The quantitative estimate of drug-likeness (QED) is 0.498. The van der Waals surface area contributed by atoms with E-state index in [2.05, 4.69) is 9.97 Å². The summed E-state index contributed by atoms with van der Waals surface area (Å²) >= 11 is 3.26. The van der Waals surface area contributed by atoms with E-state index in [-0.39, 0.29) is 5.82 Å². The lowest BCUT2D eigenvalue weighted by Crippen LogP contribution is -1.93. The Hall–Kier alpha value is -1.28. The van der Waals surface area contributed by atoms with Gasteiger partial charge in [-0.25, -0.2) is 9.37 Å². The number of hydrogen-bond donors (Lipinski definition) is 2. The largest absolute Gasteiger partial charge is 0.398 e.